The molecule has 4 rings (SSSR count). The van der Waals surface area contributed by atoms with Crippen molar-refractivity contribution in [3.63, 3.8) is 0 Å². The lowest BCUT2D eigenvalue weighted by Crippen LogP contribution is -2.48. The van der Waals surface area contributed by atoms with Gasteiger partial charge in [-0.25, -0.2) is 17.8 Å². The van der Waals surface area contributed by atoms with E-state index in [1.54, 1.807) is 12.1 Å². The summed E-state index contributed by atoms with van der Waals surface area (Å²) in [6.45, 7) is 1.59. The quantitative estimate of drug-likeness (QED) is 0.549. The van der Waals surface area contributed by atoms with E-state index < -0.39 is 15.8 Å². The van der Waals surface area contributed by atoms with Crippen LogP contribution < -0.4 is 4.90 Å². The van der Waals surface area contributed by atoms with E-state index in [-0.39, 0.29) is 4.90 Å². The Labute approximate surface area is 182 Å². The van der Waals surface area contributed by atoms with Gasteiger partial charge in [-0.1, -0.05) is 29.3 Å². The first-order chi connectivity index (χ1) is 13.8. The first kappa shape index (κ1) is 20.6. The van der Waals surface area contributed by atoms with Crippen LogP contribution in [-0.4, -0.2) is 43.9 Å². The molecule has 152 valence electrons. The molecule has 3 aromatic rings. The van der Waals surface area contributed by atoms with Crippen molar-refractivity contribution in [2.24, 2.45) is 0 Å². The normalized spacial score (nSPS) is 15.6. The van der Waals surface area contributed by atoms with Crippen molar-refractivity contribution in [3.05, 3.63) is 63.7 Å². The first-order valence-corrected chi connectivity index (χ1v) is 11.8. The second-order valence-electron chi connectivity index (χ2n) is 6.49. The highest BCUT2D eigenvalue weighted by Crippen LogP contribution is 2.34. The molecule has 0 amide bonds. The number of hydrogen-bond acceptors (Lipinski definition) is 5. The van der Waals surface area contributed by atoms with Gasteiger partial charge in [0.2, 0.25) is 10.0 Å². The zero-order valence-electron chi connectivity index (χ0n) is 15.1. The Balaban J connectivity index is 1.47. The average Bonchev–Trinajstić information content (AvgIpc) is 3.18. The predicted octanol–water partition coefficient (Wildman–Crippen LogP) is 4.77. The molecule has 0 N–H and O–H groups in total. The molecule has 29 heavy (non-hydrogen) atoms. The summed E-state index contributed by atoms with van der Waals surface area (Å²) in [7, 11) is -3.72. The Morgan fingerprint density at radius 2 is 1.79 bits per heavy atom. The molecule has 1 saturated heterocycles. The van der Waals surface area contributed by atoms with Crippen LogP contribution in [0.3, 0.4) is 0 Å². The molecule has 2 heterocycles. The van der Waals surface area contributed by atoms with Gasteiger partial charge >= 0.3 is 0 Å². The van der Waals surface area contributed by atoms with E-state index >= 15 is 0 Å². The van der Waals surface area contributed by atoms with Gasteiger partial charge in [-0.2, -0.15) is 4.31 Å². The van der Waals surface area contributed by atoms with Gasteiger partial charge in [0.05, 0.1) is 15.6 Å². The van der Waals surface area contributed by atoms with Crippen LogP contribution in [0.15, 0.2) is 52.7 Å². The lowest BCUT2D eigenvalue weighted by atomic mass is 10.2. The highest BCUT2D eigenvalue weighted by Gasteiger charge is 2.29. The maximum Gasteiger partial charge on any atom is 0.243 e. The van der Waals surface area contributed by atoms with E-state index in [1.165, 1.54) is 33.8 Å². The van der Waals surface area contributed by atoms with E-state index in [0.29, 0.717) is 36.2 Å². The SMILES string of the molecule is O=S(=O)(c1cccc(F)c1)N1CCN(c2nc(-c3ccc(Cl)cc3Cl)cs2)CC1. The van der Waals surface area contributed by atoms with Crippen LogP contribution in [0.5, 0.6) is 0 Å². The van der Waals surface area contributed by atoms with Crippen LogP contribution in [0.4, 0.5) is 9.52 Å². The van der Waals surface area contributed by atoms with E-state index in [2.05, 4.69) is 4.98 Å². The molecule has 2 aromatic carbocycles. The number of benzene rings is 2. The second-order valence-corrected chi connectivity index (χ2v) is 10.1. The molecule has 1 fully saturated rings. The molecular weight excluding hydrogens is 456 g/mol. The molecule has 1 aliphatic heterocycles. The molecule has 0 saturated carbocycles. The summed E-state index contributed by atoms with van der Waals surface area (Å²) in [5.41, 5.74) is 1.55. The third-order valence-corrected chi connectivity index (χ3v) is 7.99. The summed E-state index contributed by atoms with van der Waals surface area (Å²) in [5, 5.41) is 3.80. The molecule has 1 aromatic heterocycles. The number of hydrogen-bond donors (Lipinski definition) is 0. The Morgan fingerprint density at radius 3 is 2.48 bits per heavy atom. The third-order valence-electron chi connectivity index (χ3n) is 4.64. The first-order valence-electron chi connectivity index (χ1n) is 8.76. The summed E-state index contributed by atoms with van der Waals surface area (Å²) >= 11 is 13.7. The smallest absolute Gasteiger partial charge is 0.243 e. The summed E-state index contributed by atoms with van der Waals surface area (Å²) in [6, 6.07) is 10.3. The molecule has 10 heteroatoms. The highest BCUT2D eigenvalue weighted by atomic mass is 35.5. The fourth-order valence-electron chi connectivity index (χ4n) is 3.13. The zero-order valence-corrected chi connectivity index (χ0v) is 18.2. The van der Waals surface area contributed by atoms with Crippen LogP contribution >= 0.6 is 34.5 Å². The molecular formula is C19H16Cl2FN3O2S2. The highest BCUT2D eigenvalue weighted by molar-refractivity contribution is 7.89. The number of sulfonamides is 1. The van der Waals surface area contributed by atoms with Crippen molar-refractivity contribution >= 4 is 49.7 Å². The molecule has 1 aliphatic rings. The van der Waals surface area contributed by atoms with E-state index in [1.807, 2.05) is 16.3 Å². The van der Waals surface area contributed by atoms with Crippen LogP contribution in [0.1, 0.15) is 0 Å². The topological polar surface area (TPSA) is 53.5 Å². The van der Waals surface area contributed by atoms with E-state index in [9.17, 15) is 12.8 Å². The van der Waals surface area contributed by atoms with Gasteiger partial charge in [0.1, 0.15) is 5.82 Å². The molecule has 0 unspecified atom stereocenters. The Morgan fingerprint density at radius 1 is 1.03 bits per heavy atom. The number of aromatic nitrogens is 1. The minimum Gasteiger partial charge on any atom is -0.345 e. The fourth-order valence-corrected chi connectivity index (χ4v) is 5.97. The zero-order chi connectivity index (χ0) is 20.6. The molecule has 0 atom stereocenters. The third kappa shape index (κ3) is 4.27. The summed E-state index contributed by atoms with van der Waals surface area (Å²) in [4.78, 5) is 6.66. The number of rotatable bonds is 4. The van der Waals surface area contributed by atoms with Crippen molar-refractivity contribution in [1.82, 2.24) is 9.29 Å². The van der Waals surface area contributed by atoms with Gasteiger partial charge in [0.25, 0.3) is 0 Å². The Kier molecular flexibility index (Phi) is 5.81. The summed E-state index contributed by atoms with van der Waals surface area (Å²) in [5.74, 6) is -0.569. The number of nitrogens with zero attached hydrogens (tertiary/aromatic N) is 3. The lowest BCUT2D eigenvalue weighted by Gasteiger charge is -2.33. The minimum atomic E-state index is -3.72. The van der Waals surface area contributed by atoms with Crippen LogP contribution in [0.2, 0.25) is 10.0 Å². The monoisotopic (exact) mass is 471 g/mol. The Hall–Kier alpha value is -1.71. The van der Waals surface area contributed by atoms with Gasteiger partial charge < -0.3 is 4.90 Å². The largest absolute Gasteiger partial charge is 0.345 e. The van der Waals surface area contributed by atoms with Gasteiger partial charge in [-0.3, -0.25) is 0 Å². The van der Waals surface area contributed by atoms with E-state index in [0.717, 1.165) is 22.5 Å². The van der Waals surface area contributed by atoms with Crippen molar-refractivity contribution in [2.45, 2.75) is 4.90 Å². The molecule has 5 nitrogen and oxygen atoms in total. The number of piperazine rings is 1. The maximum atomic E-state index is 13.4. The van der Waals surface area contributed by atoms with Crippen molar-refractivity contribution < 1.29 is 12.8 Å². The van der Waals surface area contributed by atoms with Gasteiger partial charge in [-0.15, -0.1) is 11.3 Å². The minimum absolute atomic E-state index is 0.0279. The van der Waals surface area contributed by atoms with Gasteiger partial charge in [-0.05, 0) is 36.4 Å². The predicted molar refractivity (Wildman–Crippen MR) is 115 cm³/mol. The summed E-state index contributed by atoms with van der Waals surface area (Å²) < 4.78 is 40.3. The standard InChI is InChI=1S/C19H16Cl2FN3O2S2/c20-13-4-5-16(17(21)10-13)18-12-28-19(23-18)24-6-8-25(9-7-24)29(26,27)15-3-1-2-14(22)11-15/h1-5,10-12H,6-9H2. The van der Waals surface area contributed by atoms with Crippen molar-refractivity contribution in [2.75, 3.05) is 31.1 Å². The van der Waals surface area contributed by atoms with Crippen molar-refractivity contribution in [1.29, 1.82) is 0 Å². The van der Waals surface area contributed by atoms with Crippen LogP contribution in [0.25, 0.3) is 11.3 Å². The fraction of sp³-hybridized carbons (Fsp3) is 0.211. The maximum absolute atomic E-state index is 13.4. The number of thiazole rings is 1. The lowest BCUT2D eigenvalue weighted by molar-refractivity contribution is 0.384. The second kappa shape index (κ2) is 8.20. The molecule has 0 aliphatic carbocycles. The summed E-state index contributed by atoms with van der Waals surface area (Å²) in [6.07, 6.45) is 0. The van der Waals surface area contributed by atoms with Crippen LogP contribution in [-0.2, 0) is 10.0 Å². The van der Waals surface area contributed by atoms with Gasteiger partial charge in [0.15, 0.2) is 5.13 Å². The molecule has 0 spiro atoms. The average molecular weight is 472 g/mol. The molecule has 0 radical (unpaired) electrons. The van der Waals surface area contributed by atoms with Crippen LogP contribution in [0, 0.1) is 5.82 Å². The molecule has 0 bridgehead atoms. The van der Waals surface area contributed by atoms with Gasteiger partial charge in [0, 0.05) is 42.1 Å². The number of anilines is 1. The Bertz CT molecular complexity index is 1150. The van der Waals surface area contributed by atoms with E-state index in [4.69, 9.17) is 23.2 Å². The number of halogens is 3. The van der Waals surface area contributed by atoms with Crippen molar-refractivity contribution in [3.8, 4) is 11.3 Å².